The topological polar surface area (TPSA) is 147 Å². The van der Waals surface area contributed by atoms with Gasteiger partial charge < -0.3 is 25.6 Å². The van der Waals surface area contributed by atoms with E-state index in [0.29, 0.717) is 52.2 Å². The third kappa shape index (κ3) is 7.71. The van der Waals surface area contributed by atoms with Crippen molar-refractivity contribution < 1.29 is 23.5 Å². The van der Waals surface area contributed by atoms with E-state index in [4.69, 9.17) is 9.97 Å². The summed E-state index contributed by atoms with van der Waals surface area (Å²) in [4.78, 5) is 43.3. The number of piperidine rings is 1. The van der Waals surface area contributed by atoms with E-state index < -0.39 is 29.6 Å². The number of nitrogens with zero attached hydrogens (tertiary/aromatic N) is 5. The predicted molar refractivity (Wildman–Crippen MR) is 180 cm³/mol. The van der Waals surface area contributed by atoms with Gasteiger partial charge in [-0.2, -0.15) is 4.98 Å². The number of aromatic nitrogens is 5. The number of carboxylic acid groups (broad SMARTS) is 1. The molecular formula is C33H31F2IN8O3. The van der Waals surface area contributed by atoms with Crippen LogP contribution in [0.1, 0.15) is 34.5 Å². The van der Waals surface area contributed by atoms with E-state index in [-0.39, 0.29) is 13.0 Å². The molecule has 1 saturated heterocycles. The van der Waals surface area contributed by atoms with Crippen LogP contribution in [0.5, 0.6) is 0 Å². The Hall–Kier alpha value is -4.57. The number of rotatable bonds is 11. The summed E-state index contributed by atoms with van der Waals surface area (Å²) >= 11 is 2.15. The Balaban J connectivity index is 1.28. The van der Waals surface area contributed by atoms with Crippen molar-refractivity contribution >= 4 is 51.6 Å². The van der Waals surface area contributed by atoms with E-state index in [9.17, 15) is 23.5 Å². The van der Waals surface area contributed by atoms with Crippen molar-refractivity contribution in [2.75, 3.05) is 18.4 Å². The van der Waals surface area contributed by atoms with Gasteiger partial charge >= 0.3 is 5.97 Å². The lowest BCUT2D eigenvalue weighted by atomic mass is 9.99. The highest BCUT2D eigenvalue weighted by Gasteiger charge is 2.24. The first-order chi connectivity index (χ1) is 22.7. The summed E-state index contributed by atoms with van der Waals surface area (Å²) in [5.74, 6) is -2.18. The van der Waals surface area contributed by atoms with E-state index in [2.05, 4.69) is 53.1 Å². The quantitative estimate of drug-likeness (QED) is 0.140. The minimum atomic E-state index is -1.15. The van der Waals surface area contributed by atoms with Crippen molar-refractivity contribution in [2.24, 2.45) is 5.92 Å². The monoisotopic (exact) mass is 752 g/mol. The van der Waals surface area contributed by atoms with Crippen LogP contribution in [-0.4, -0.2) is 60.6 Å². The van der Waals surface area contributed by atoms with Crippen LogP contribution in [0.15, 0.2) is 67.0 Å². The molecule has 1 fully saturated rings. The Morgan fingerprint density at radius 3 is 2.68 bits per heavy atom. The Labute approximate surface area is 282 Å². The molecule has 11 nitrogen and oxygen atoms in total. The van der Waals surface area contributed by atoms with Gasteiger partial charge in [-0.15, -0.1) is 0 Å². The van der Waals surface area contributed by atoms with Gasteiger partial charge in [0.1, 0.15) is 17.4 Å². The summed E-state index contributed by atoms with van der Waals surface area (Å²) in [5.41, 5.74) is 3.39. The lowest BCUT2D eigenvalue weighted by Crippen LogP contribution is -2.42. The minimum Gasteiger partial charge on any atom is -0.480 e. The zero-order valence-corrected chi connectivity index (χ0v) is 27.2. The average Bonchev–Trinajstić information content (AvgIpc) is 3.42. The maximum atomic E-state index is 13.7. The summed E-state index contributed by atoms with van der Waals surface area (Å²) in [6.45, 7) is 2.66. The molecule has 242 valence electrons. The van der Waals surface area contributed by atoms with Gasteiger partial charge in [0.25, 0.3) is 5.91 Å². The summed E-state index contributed by atoms with van der Waals surface area (Å²) < 4.78 is 29.9. The number of benzene rings is 2. The number of nitrogens with one attached hydrogen (secondary N) is 3. The molecule has 0 saturated carbocycles. The third-order valence-corrected chi connectivity index (χ3v) is 8.87. The highest BCUT2D eigenvalue weighted by Crippen LogP contribution is 2.30. The fourth-order valence-electron chi connectivity index (χ4n) is 5.56. The number of hydrogen-bond acceptors (Lipinski definition) is 8. The molecule has 4 heterocycles. The first-order valence-corrected chi connectivity index (χ1v) is 16.2. The second kappa shape index (κ2) is 14.5. The molecule has 0 radical (unpaired) electrons. The van der Waals surface area contributed by atoms with Crippen LogP contribution in [-0.2, 0) is 24.3 Å². The fourth-order valence-corrected chi connectivity index (χ4v) is 6.32. The Morgan fingerprint density at radius 1 is 1.09 bits per heavy atom. The Morgan fingerprint density at radius 2 is 1.96 bits per heavy atom. The van der Waals surface area contributed by atoms with E-state index in [0.717, 1.165) is 47.2 Å². The number of carboxylic acids is 1. The van der Waals surface area contributed by atoms with Gasteiger partial charge in [-0.3, -0.25) is 9.78 Å². The van der Waals surface area contributed by atoms with Crippen molar-refractivity contribution in [1.82, 2.24) is 35.1 Å². The molecule has 0 aliphatic carbocycles. The third-order valence-electron chi connectivity index (χ3n) is 7.98. The largest absolute Gasteiger partial charge is 0.480 e. The Bertz CT molecular complexity index is 1920. The van der Waals surface area contributed by atoms with Gasteiger partial charge in [0.15, 0.2) is 17.3 Å². The normalized spacial score (nSPS) is 15.3. The lowest BCUT2D eigenvalue weighted by molar-refractivity contribution is -0.139. The number of carbonyl (C=O) groups is 2. The highest BCUT2D eigenvalue weighted by molar-refractivity contribution is 14.1. The van der Waals surface area contributed by atoms with Gasteiger partial charge in [0.2, 0.25) is 5.95 Å². The molecule has 0 unspecified atom stereocenters. The number of hydrogen-bond donors (Lipinski definition) is 4. The van der Waals surface area contributed by atoms with Crippen LogP contribution in [0.4, 0.5) is 14.7 Å². The highest BCUT2D eigenvalue weighted by atomic mass is 127. The van der Waals surface area contributed by atoms with Crippen LogP contribution in [0.3, 0.4) is 0 Å². The van der Waals surface area contributed by atoms with Gasteiger partial charge in [-0.25, -0.2) is 23.5 Å². The molecule has 1 amide bonds. The fraction of sp³-hybridized carbons (Fsp3) is 0.273. The van der Waals surface area contributed by atoms with Crippen molar-refractivity contribution in [3.63, 3.8) is 0 Å². The summed E-state index contributed by atoms with van der Waals surface area (Å²) in [6.07, 6.45) is 5.35. The number of amides is 1. The van der Waals surface area contributed by atoms with Crippen molar-refractivity contribution in [3.8, 4) is 11.4 Å². The van der Waals surface area contributed by atoms with Crippen molar-refractivity contribution in [1.29, 1.82) is 0 Å². The number of pyridine rings is 1. The molecule has 2 atom stereocenters. The van der Waals surface area contributed by atoms with E-state index >= 15 is 0 Å². The number of anilines is 1. The van der Waals surface area contributed by atoms with E-state index in [1.165, 1.54) is 6.07 Å². The van der Waals surface area contributed by atoms with Crippen LogP contribution < -0.4 is 16.0 Å². The number of halogens is 3. The maximum absolute atomic E-state index is 13.7. The second-order valence-corrected chi connectivity index (χ2v) is 12.5. The van der Waals surface area contributed by atoms with E-state index in [1.54, 1.807) is 48.8 Å². The number of fused-ring (bicyclic) bond motifs is 1. The summed E-state index contributed by atoms with van der Waals surface area (Å²) in [5, 5.41) is 18.9. The van der Waals surface area contributed by atoms with Crippen LogP contribution in [0.2, 0.25) is 0 Å². The molecule has 3 aromatic heterocycles. The molecule has 6 rings (SSSR count). The first-order valence-electron chi connectivity index (χ1n) is 15.1. The van der Waals surface area contributed by atoms with Crippen molar-refractivity contribution in [3.05, 3.63) is 99.0 Å². The lowest BCUT2D eigenvalue weighted by Gasteiger charge is -2.24. The zero-order chi connectivity index (χ0) is 32.9. The van der Waals surface area contributed by atoms with Crippen molar-refractivity contribution in [2.45, 2.75) is 38.4 Å². The number of imidazole rings is 1. The van der Waals surface area contributed by atoms with Crippen LogP contribution in [0.25, 0.3) is 22.6 Å². The molecule has 2 aromatic carbocycles. The number of carbonyl (C=O) groups excluding carboxylic acids is 1. The van der Waals surface area contributed by atoms with Crippen LogP contribution in [0, 0.1) is 21.1 Å². The zero-order valence-electron chi connectivity index (χ0n) is 25.1. The van der Waals surface area contributed by atoms with Gasteiger partial charge in [0.05, 0.1) is 6.20 Å². The summed E-state index contributed by atoms with van der Waals surface area (Å²) in [6, 6.07) is 12.9. The smallest absolute Gasteiger partial charge is 0.326 e. The molecule has 1 aliphatic heterocycles. The molecule has 47 heavy (non-hydrogen) atoms. The molecule has 4 N–H and O–H groups in total. The maximum Gasteiger partial charge on any atom is 0.326 e. The summed E-state index contributed by atoms with van der Waals surface area (Å²) in [7, 11) is 0. The molecule has 5 aromatic rings. The SMILES string of the molecule is O=C(N[C@H](Cc1ccccn1)C(=O)O)c1ccc(-c2nc3cnc(NCc4ccc(F)c(F)c4)nc3n2C[C@@H]2CCCNC2)c(I)c1. The molecular weight excluding hydrogens is 721 g/mol. The standard InChI is InChI=1S/C33H31F2IN8O3/c34-24-9-6-19(12-25(24)35)16-39-33-40-17-28-30(43-33)44(18-20-4-3-10-37-15-20)29(41-28)23-8-7-21(13-26(23)36)31(45)42-27(32(46)47)14-22-5-1-2-11-38-22/h1-2,5-9,11-13,17,20,27,37H,3-4,10,14-16,18H2,(H,42,45)(H,46,47)(H,39,40,43)/t20-,27-/m1/s1. The van der Waals surface area contributed by atoms with E-state index in [1.807, 2.05) is 0 Å². The average molecular weight is 753 g/mol. The molecule has 0 spiro atoms. The first kappa shape index (κ1) is 32.4. The second-order valence-electron chi connectivity index (χ2n) is 11.3. The Kier molecular flexibility index (Phi) is 9.96. The molecule has 0 bridgehead atoms. The van der Waals surface area contributed by atoms with Gasteiger partial charge in [0, 0.05) is 46.1 Å². The predicted octanol–water partition coefficient (Wildman–Crippen LogP) is 4.81. The van der Waals surface area contributed by atoms with Gasteiger partial charge in [-0.05, 0) is 102 Å². The number of aliphatic carboxylic acids is 1. The van der Waals surface area contributed by atoms with Gasteiger partial charge in [-0.1, -0.05) is 12.1 Å². The molecule has 1 aliphatic rings. The van der Waals surface area contributed by atoms with Crippen LogP contribution >= 0.6 is 22.6 Å². The minimum absolute atomic E-state index is 0.0514. The molecule has 14 heteroatoms.